The summed E-state index contributed by atoms with van der Waals surface area (Å²) in [5, 5.41) is 12.5. The quantitative estimate of drug-likeness (QED) is 0.878. The molecule has 0 bridgehead atoms. The van der Waals surface area contributed by atoms with E-state index < -0.39 is 12.0 Å². The number of aliphatic carboxylic acids is 1. The number of carbonyl (C=O) groups is 2. The number of likely N-dealkylation sites (tertiary alicyclic amines) is 1. The fraction of sp³-hybridized carbons (Fsp3) is 0.450. The molecule has 0 radical (unpaired) electrons. The Balaban J connectivity index is 1.42. The second-order valence-electron chi connectivity index (χ2n) is 7.26. The molecule has 2 aliphatic rings. The Morgan fingerprint density at radius 2 is 2.04 bits per heavy atom. The summed E-state index contributed by atoms with van der Waals surface area (Å²) in [5.41, 5.74) is 1.94. The van der Waals surface area contributed by atoms with Crippen molar-refractivity contribution in [2.45, 2.75) is 38.1 Å². The number of aromatic nitrogens is 1. The molecular weight excluding hydrogens is 348 g/mol. The number of nitrogens with zero attached hydrogens (tertiary/aromatic N) is 2. The van der Waals surface area contributed by atoms with Crippen LogP contribution in [0.15, 0.2) is 35.7 Å². The van der Waals surface area contributed by atoms with Crippen molar-refractivity contribution in [1.29, 1.82) is 0 Å². The minimum Gasteiger partial charge on any atom is -0.480 e. The molecule has 2 fully saturated rings. The normalized spacial score (nSPS) is 24.6. The van der Waals surface area contributed by atoms with E-state index in [-0.39, 0.29) is 18.2 Å². The van der Waals surface area contributed by atoms with E-state index in [0.29, 0.717) is 12.5 Å². The van der Waals surface area contributed by atoms with Crippen LogP contribution in [-0.2, 0) is 22.4 Å². The number of carbonyl (C=O) groups excluding carboxylic acids is 1. The maximum Gasteiger partial charge on any atom is 0.326 e. The molecule has 1 aliphatic carbocycles. The second kappa shape index (κ2) is 7.19. The third-order valence-electron chi connectivity index (χ3n) is 5.59. The fourth-order valence-electron chi connectivity index (χ4n) is 4.42. The lowest BCUT2D eigenvalue weighted by molar-refractivity contribution is -0.149. The van der Waals surface area contributed by atoms with E-state index in [0.717, 1.165) is 36.4 Å². The molecule has 3 unspecified atom stereocenters. The first-order valence-corrected chi connectivity index (χ1v) is 9.99. The maximum atomic E-state index is 12.8. The van der Waals surface area contributed by atoms with Crippen molar-refractivity contribution in [3.05, 3.63) is 52.0 Å². The number of benzene rings is 1. The number of carboxylic acid groups (broad SMARTS) is 1. The summed E-state index contributed by atoms with van der Waals surface area (Å²) in [4.78, 5) is 30.6. The van der Waals surface area contributed by atoms with Crippen LogP contribution in [0.3, 0.4) is 0 Å². The summed E-state index contributed by atoms with van der Waals surface area (Å²) in [7, 11) is 0. The predicted molar refractivity (Wildman–Crippen MR) is 99.0 cm³/mol. The van der Waals surface area contributed by atoms with Crippen LogP contribution in [0, 0.1) is 11.8 Å². The number of rotatable bonds is 5. The monoisotopic (exact) mass is 370 g/mol. The molecule has 2 aromatic rings. The van der Waals surface area contributed by atoms with Crippen molar-refractivity contribution in [3.63, 3.8) is 0 Å². The van der Waals surface area contributed by atoms with E-state index in [4.69, 9.17) is 0 Å². The van der Waals surface area contributed by atoms with E-state index >= 15 is 0 Å². The van der Waals surface area contributed by atoms with Gasteiger partial charge in [-0.05, 0) is 30.2 Å². The van der Waals surface area contributed by atoms with E-state index in [9.17, 15) is 14.7 Å². The zero-order chi connectivity index (χ0) is 18.1. The molecule has 0 spiro atoms. The summed E-state index contributed by atoms with van der Waals surface area (Å²) in [6.45, 7) is 0.585. The molecule has 26 heavy (non-hydrogen) atoms. The number of carboxylic acids is 1. The van der Waals surface area contributed by atoms with Gasteiger partial charge in [-0.25, -0.2) is 9.78 Å². The molecule has 1 aliphatic heterocycles. The Kier molecular flexibility index (Phi) is 4.76. The number of fused-ring (bicyclic) bond motifs is 1. The van der Waals surface area contributed by atoms with Gasteiger partial charge in [-0.1, -0.05) is 36.8 Å². The Morgan fingerprint density at radius 1 is 1.23 bits per heavy atom. The van der Waals surface area contributed by atoms with Gasteiger partial charge in [0.05, 0.1) is 17.1 Å². The minimum absolute atomic E-state index is 0.108. The van der Waals surface area contributed by atoms with E-state index in [1.54, 1.807) is 16.2 Å². The molecule has 1 amide bonds. The van der Waals surface area contributed by atoms with Gasteiger partial charge in [0.2, 0.25) is 5.91 Å². The van der Waals surface area contributed by atoms with Crippen LogP contribution in [0.1, 0.15) is 35.5 Å². The van der Waals surface area contributed by atoms with E-state index in [2.05, 4.69) is 17.1 Å². The van der Waals surface area contributed by atoms with Crippen molar-refractivity contribution in [1.82, 2.24) is 9.88 Å². The highest BCUT2D eigenvalue weighted by Crippen LogP contribution is 2.42. The lowest BCUT2D eigenvalue weighted by Gasteiger charge is -2.24. The number of hydrogen-bond donors (Lipinski definition) is 1. The van der Waals surface area contributed by atoms with Gasteiger partial charge in [-0.2, -0.15) is 0 Å². The highest BCUT2D eigenvalue weighted by Gasteiger charge is 2.49. The smallest absolute Gasteiger partial charge is 0.326 e. The van der Waals surface area contributed by atoms with E-state index in [1.807, 2.05) is 23.6 Å². The van der Waals surface area contributed by atoms with Crippen LogP contribution in [0.5, 0.6) is 0 Å². The molecule has 1 aromatic carbocycles. The molecule has 3 atom stereocenters. The van der Waals surface area contributed by atoms with Gasteiger partial charge in [-0.15, -0.1) is 11.3 Å². The van der Waals surface area contributed by atoms with Crippen molar-refractivity contribution in [2.24, 2.45) is 11.8 Å². The van der Waals surface area contributed by atoms with Gasteiger partial charge >= 0.3 is 5.97 Å². The Morgan fingerprint density at radius 3 is 2.81 bits per heavy atom. The van der Waals surface area contributed by atoms with Gasteiger partial charge in [0.1, 0.15) is 6.04 Å². The molecule has 1 saturated carbocycles. The molecular formula is C20H22N2O3S. The number of amides is 1. The average molecular weight is 370 g/mol. The molecule has 1 saturated heterocycles. The lowest BCUT2D eigenvalue weighted by Crippen LogP contribution is -2.44. The van der Waals surface area contributed by atoms with Gasteiger partial charge < -0.3 is 10.0 Å². The first-order chi connectivity index (χ1) is 12.6. The molecule has 4 rings (SSSR count). The largest absolute Gasteiger partial charge is 0.480 e. The Bertz CT molecular complexity index is 804. The second-order valence-corrected chi connectivity index (χ2v) is 8.20. The summed E-state index contributed by atoms with van der Waals surface area (Å²) in [6.07, 6.45) is 3.98. The zero-order valence-electron chi connectivity index (χ0n) is 14.5. The molecule has 1 aromatic heterocycles. The average Bonchev–Trinajstić information content (AvgIpc) is 3.31. The van der Waals surface area contributed by atoms with Crippen molar-refractivity contribution in [3.8, 4) is 0 Å². The predicted octanol–water partition coefficient (Wildman–Crippen LogP) is 2.99. The number of thiazole rings is 1. The Hall–Kier alpha value is -2.21. The fourth-order valence-corrected chi connectivity index (χ4v) is 5.24. The lowest BCUT2D eigenvalue weighted by atomic mass is 9.94. The van der Waals surface area contributed by atoms with Gasteiger partial charge in [0.25, 0.3) is 0 Å². The Labute approximate surface area is 156 Å². The van der Waals surface area contributed by atoms with Crippen LogP contribution in [0.25, 0.3) is 0 Å². The molecule has 6 heteroatoms. The van der Waals surface area contributed by atoms with Gasteiger partial charge in [0, 0.05) is 18.3 Å². The van der Waals surface area contributed by atoms with Crippen molar-refractivity contribution in [2.75, 3.05) is 6.54 Å². The summed E-state index contributed by atoms with van der Waals surface area (Å²) < 4.78 is 0. The minimum atomic E-state index is -0.865. The highest BCUT2D eigenvalue weighted by atomic mass is 32.1. The molecule has 2 heterocycles. The molecule has 5 nitrogen and oxygen atoms in total. The SMILES string of the molecule is O=C(O)C1C2CCCC2CN1C(=O)Cc1csc(Cc2ccccc2)n1. The van der Waals surface area contributed by atoms with Crippen molar-refractivity contribution >= 4 is 23.2 Å². The molecule has 1 N–H and O–H groups in total. The van der Waals surface area contributed by atoms with Crippen LogP contribution in [0.4, 0.5) is 0 Å². The zero-order valence-corrected chi connectivity index (χ0v) is 15.3. The van der Waals surface area contributed by atoms with Crippen LogP contribution < -0.4 is 0 Å². The summed E-state index contributed by atoms with van der Waals surface area (Å²) in [6, 6.07) is 9.46. The van der Waals surface area contributed by atoms with Crippen molar-refractivity contribution < 1.29 is 14.7 Å². The van der Waals surface area contributed by atoms with Gasteiger partial charge in [-0.3, -0.25) is 4.79 Å². The third-order valence-corrected chi connectivity index (χ3v) is 6.49. The van der Waals surface area contributed by atoms with Crippen LogP contribution in [0.2, 0.25) is 0 Å². The third kappa shape index (κ3) is 3.38. The standard InChI is InChI=1S/C20H22N2O3S/c23-18(22-11-14-7-4-8-16(14)19(22)20(24)25)10-15-12-26-17(21-15)9-13-5-2-1-3-6-13/h1-3,5-6,12,14,16,19H,4,7-11H2,(H,24,25). The molecule has 136 valence electrons. The van der Waals surface area contributed by atoms with Crippen LogP contribution >= 0.6 is 11.3 Å². The number of hydrogen-bond acceptors (Lipinski definition) is 4. The summed E-state index contributed by atoms with van der Waals surface area (Å²) >= 11 is 1.55. The maximum absolute atomic E-state index is 12.8. The van der Waals surface area contributed by atoms with Gasteiger partial charge in [0.15, 0.2) is 0 Å². The first kappa shape index (κ1) is 17.2. The van der Waals surface area contributed by atoms with Crippen LogP contribution in [-0.4, -0.2) is 39.5 Å². The first-order valence-electron chi connectivity index (χ1n) is 9.11. The van der Waals surface area contributed by atoms with E-state index in [1.165, 1.54) is 5.56 Å². The topological polar surface area (TPSA) is 70.5 Å². The highest BCUT2D eigenvalue weighted by molar-refractivity contribution is 7.09. The summed E-state index contributed by atoms with van der Waals surface area (Å²) in [5.74, 6) is -0.496.